The SMILES string of the molecule is COc1ccc(C(C)(C)NC(=O)NCc2ccc(Cl)cc2)cc1. The molecule has 0 aliphatic carbocycles. The zero-order chi connectivity index (χ0) is 16.9. The van der Waals surface area contributed by atoms with Gasteiger partial charge < -0.3 is 15.4 Å². The van der Waals surface area contributed by atoms with Crippen LogP contribution in [0.1, 0.15) is 25.0 Å². The minimum atomic E-state index is -0.490. The van der Waals surface area contributed by atoms with Crippen LogP contribution < -0.4 is 15.4 Å². The summed E-state index contributed by atoms with van der Waals surface area (Å²) in [6.45, 7) is 4.36. The van der Waals surface area contributed by atoms with Crippen molar-refractivity contribution in [3.8, 4) is 5.75 Å². The topological polar surface area (TPSA) is 50.4 Å². The van der Waals surface area contributed by atoms with E-state index in [1.807, 2.05) is 50.2 Å². The molecule has 0 saturated carbocycles. The Balaban J connectivity index is 1.93. The molecule has 2 N–H and O–H groups in total. The Hall–Kier alpha value is -2.20. The van der Waals surface area contributed by atoms with Crippen LogP contribution >= 0.6 is 11.6 Å². The number of hydrogen-bond acceptors (Lipinski definition) is 2. The molecule has 2 aromatic rings. The maximum Gasteiger partial charge on any atom is 0.315 e. The monoisotopic (exact) mass is 332 g/mol. The zero-order valence-corrected chi connectivity index (χ0v) is 14.3. The average Bonchev–Trinajstić information content (AvgIpc) is 2.54. The van der Waals surface area contributed by atoms with Crippen molar-refractivity contribution in [3.63, 3.8) is 0 Å². The fraction of sp³-hybridized carbons (Fsp3) is 0.278. The van der Waals surface area contributed by atoms with Crippen LogP contribution in [0, 0.1) is 0 Å². The first kappa shape index (κ1) is 17.2. The lowest BCUT2D eigenvalue weighted by atomic mass is 9.94. The van der Waals surface area contributed by atoms with Crippen LogP contribution in [0.4, 0.5) is 4.79 Å². The Morgan fingerprint density at radius 3 is 2.26 bits per heavy atom. The molecule has 122 valence electrons. The number of urea groups is 1. The lowest BCUT2D eigenvalue weighted by molar-refractivity contribution is 0.229. The summed E-state index contributed by atoms with van der Waals surface area (Å²) in [5.41, 5.74) is 1.50. The van der Waals surface area contributed by atoms with Crippen LogP contribution in [0.3, 0.4) is 0 Å². The first-order valence-electron chi connectivity index (χ1n) is 7.36. The van der Waals surface area contributed by atoms with E-state index in [-0.39, 0.29) is 6.03 Å². The number of rotatable bonds is 5. The van der Waals surface area contributed by atoms with Crippen LogP contribution in [0.2, 0.25) is 5.02 Å². The lowest BCUT2D eigenvalue weighted by Crippen LogP contribution is -2.46. The Morgan fingerprint density at radius 2 is 1.70 bits per heavy atom. The van der Waals surface area contributed by atoms with Gasteiger partial charge >= 0.3 is 6.03 Å². The van der Waals surface area contributed by atoms with Gasteiger partial charge in [-0.25, -0.2) is 4.79 Å². The predicted molar refractivity (Wildman–Crippen MR) is 92.8 cm³/mol. The fourth-order valence-electron chi connectivity index (χ4n) is 2.19. The molecule has 0 aromatic heterocycles. The molecule has 0 saturated heterocycles. The third kappa shape index (κ3) is 4.89. The van der Waals surface area contributed by atoms with Crippen LogP contribution in [0.15, 0.2) is 48.5 Å². The van der Waals surface area contributed by atoms with Gasteiger partial charge in [-0.05, 0) is 49.2 Å². The molecule has 23 heavy (non-hydrogen) atoms. The third-order valence-corrected chi connectivity index (χ3v) is 3.86. The number of nitrogens with one attached hydrogen (secondary N) is 2. The predicted octanol–water partition coefficient (Wildman–Crippen LogP) is 4.08. The number of hydrogen-bond donors (Lipinski definition) is 2. The summed E-state index contributed by atoms with van der Waals surface area (Å²) >= 11 is 5.84. The highest BCUT2D eigenvalue weighted by Gasteiger charge is 2.22. The van der Waals surface area contributed by atoms with Crippen molar-refractivity contribution in [1.29, 1.82) is 0 Å². The van der Waals surface area contributed by atoms with Gasteiger partial charge in [-0.1, -0.05) is 35.9 Å². The van der Waals surface area contributed by atoms with E-state index >= 15 is 0 Å². The van der Waals surface area contributed by atoms with Gasteiger partial charge in [0.1, 0.15) is 5.75 Å². The summed E-state index contributed by atoms with van der Waals surface area (Å²) in [5.74, 6) is 0.789. The zero-order valence-electron chi connectivity index (χ0n) is 13.5. The summed E-state index contributed by atoms with van der Waals surface area (Å²) in [7, 11) is 1.63. The van der Waals surface area contributed by atoms with Crippen LogP contribution in [-0.2, 0) is 12.1 Å². The first-order valence-corrected chi connectivity index (χ1v) is 7.73. The molecule has 0 fully saturated rings. The molecule has 2 aromatic carbocycles. The van der Waals surface area contributed by atoms with E-state index in [1.165, 1.54) is 0 Å². The molecule has 0 radical (unpaired) electrons. The summed E-state index contributed by atoms with van der Waals surface area (Å²) in [5, 5.41) is 6.50. The van der Waals surface area contributed by atoms with Gasteiger partial charge in [0.2, 0.25) is 0 Å². The smallest absolute Gasteiger partial charge is 0.315 e. The van der Waals surface area contributed by atoms with Gasteiger partial charge in [0.15, 0.2) is 0 Å². The molecule has 2 rings (SSSR count). The largest absolute Gasteiger partial charge is 0.497 e. The van der Waals surface area contributed by atoms with E-state index in [0.717, 1.165) is 16.9 Å². The molecular weight excluding hydrogens is 312 g/mol. The van der Waals surface area contributed by atoms with E-state index < -0.39 is 5.54 Å². The van der Waals surface area contributed by atoms with Crippen molar-refractivity contribution in [3.05, 3.63) is 64.7 Å². The number of benzene rings is 2. The number of methoxy groups -OCH3 is 1. The highest BCUT2D eigenvalue weighted by Crippen LogP contribution is 2.22. The lowest BCUT2D eigenvalue weighted by Gasteiger charge is -2.27. The Morgan fingerprint density at radius 1 is 1.09 bits per heavy atom. The number of amides is 2. The number of ether oxygens (including phenoxy) is 1. The van der Waals surface area contributed by atoms with E-state index in [9.17, 15) is 4.79 Å². The van der Waals surface area contributed by atoms with Crippen molar-refractivity contribution >= 4 is 17.6 Å². The number of carbonyl (C=O) groups is 1. The number of carbonyl (C=O) groups excluding carboxylic acids is 1. The standard InChI is InChI=1S/C18H21ClN2O2/c1-18(2,14-6-10-16(23-3)11-7-14)21-17(22)20-12-13-4-8-15(19)9-5-13/h4-11H,12H2,1-3H3,(H2,20,21,22). The fourth-order valence-corrected chi connectivity index (χ4v) is 2.32. The highest BCUT2D eigenvalue weighted by molar-refractivity contribution is 6.30. The van der Waals surface area contributed by atoms with Gasteiger partial charge in [0.05, 0.1) is 12.6 Å². The molecule has 5 heteroatoms. The van der Waals surface area contributed by atoms with Crippen LogP contribution in [0.25, 0.3) is 0 Å². The van der Waals surface area contributed by atoms with Crippen LogP contribution in [-0.4, -0.2) is 13.1 Å². The molecule has 0 atom stereocenters. The van der Waals surface area contributed by atoms with Crippen molar-refractivity contribution < 1.29 is 9.53 Å². The molecular formula is C18H21ClN2O2. The average molecular weight is 333 g/mol. The quantitative estimate of drug-likeness (QED) is 0.866. The van der Waals surface area contributed by atoms with E-state index in [4.69, 9.17) is 16.3 Å². The van der Waals surface area contributed by atoms with Crippen LogP contribution in [0.5, 0.6) is 5.75 Å². The summed E-state index contributed by atoms with van der Waals surface area (Å²) in [6.07, 6.45) is 0. The normalized spacial score (nSPS) is 11.0. The van der Waals surface area contributed by atoms with Gasteiger partial charge in [-0.15, -0.1) is 0 Å². The van der Waals surface area contributed by atoms with Gasteiger partial charge in [-0.3, -0.25) is 0 Å². The Kier molecular flexibility index (Phi) is 5.50. The molecule has 0 spiro atoms. The molecule has 0 aliphatic rings. The number of halogens is 1. The minimum absolute atomic E-state index is 0.222. The molecule has 0 bridgehead atoms. The first-order chi connectivity index (χ1) is 10.9. The molecule has 0 heterocycles. The van der Waals surface area contributed by atoms with E-state index in [2.05, 4.69) is 10.6 Å². The van der Waals surface area contributed by atoms with Crippen molar-refractivity contribution in [1.82, 2.24) is 10.6 Å². The van der Waals surface area contributed by atoms with Gasteiger partial charge in [-0.2, -0.15) is 0 Å². The summed E-state index contributed by atoms with van der Waals surface area (Å²) in [4.78, 5) is 12.1. The minimum Gasteiger partial charge on any atom is -0.497 e. The summed E-state index contributed by atoms with van der Waals surface area (Å²) in [6, 6.07) is 14.8. The second kappa shape index (κ2) is 7.38. The molecule has 0 unspecified atom stereocenters. The van der Waals surface area contributed by atoms with E-state index in [1.54, 1.807) is 19.2 Å². The Bertz CT molecular complexity index is 652. The molecule has 2 amide bonds. The molecule has 4 nitrogen and oxygen atoms in total. The van der Waals surface area contributed by atoms with E-state index in [0.29, 0.717) is 11.6 Å². The van der Waals surface area contributed by atoms with Gasteiger partial charge in [0, 0.05) is 11.6 Å². The highest BCUT2D eigenvalue weighted by atomic mass is 35.5. The third-order valence-electron chi connectivity index (χ3n) is 3.60. The van der Waals surface area contributed by atoms with Crippen molar-refractivity contribution in [2.45, 2.75) is 25.9 Å². The van der Waals surface area contributed by atoms with Crippen molar-refractivity contribution in [2.75, 3.05) is 7.11 Å². The second-order valence-electron chi connectivity index (χ2n) is 5.79. The van der Waals surface area contributed by atoms with Gasteiger partial charge in [0.25, 0.3) is 0 Å². The second-order valence-corrected chi connectivity index (χ2v) is 6.22. The Labute approximate surface area is 141 Å². The molecule has 0 aliphatic heterocycles. The maximum absolute atomic E-state index is 12.1. The summed E-state index contributed by atoms with van der Waals surface area (Å²) < 4.78 is 5.15. The maximum atomic E-state index is 12.1. The van der Waals surface area contributed by atoms with Crippen molar-refractivity contribution in [2.24, 2.45) is 0 Å².